The van der Waals surface area contributed by atoms with Gasteiger partial charge in [-0.1, -0.05) is 52.3 Å². The molecule has 100 valence electrons. The van der Waals surface area contributed by atoms with E-state index in [0.29, 0.717) is 0 Å². The van der Waals surface area contributed by atoms with Gasteiger partial charge in [0.1, 0.15) is 0 Å². The second kappa shape index (κ2) is 5.78. The van der Waals surface area contributed by atoms with Crippen molar-refractivity contribution in [3.8, 4) is 11.1 Å². The molecule has 0 aliphatic carbocycles. The molecule has 19 heavy (non-hydrogen) atoms. The average molecular weight is 329 g/mol. The molecule has 0 amide bonds. The Balaban J connectivity index is 2.29. The molecular formula is C15H12BrF3. The predicted molar refractivity (Wildman–Crippen MR) is 74.4 cm³/mol. The Morgan fingerprint density at radius 1 is 0.895 bits per heavy atom. The van der Waals surface area contributed by atoms with E-state index in [9.17, 15) is 13.2 Å². The molecule has 0 aromatic heterocycles. The zero-order valence-corrected chi connectivity index (χ0v) is 11.6. The van der Waals surface area contributed by atoms with Gasteiger partial charge in [0, 0.05) is 5.33 Å². The van der Waals surface area contributed by atoms with Crippen LogP contribution in [0, 0.1) is 0 Å². The fourth-order valence-electron chi connectivity index (χ4n) is 1.87. The Kier molecular flexibility index (Phi) is 4.30. The summed E-state index contributed by atoms with van der Waals surface area (Å²) in [5.41, 5.74) is 2.28. The number of alkyl halides is 4. The molecular weight excluding hydrogens is 317 g/mol. The second-order valence-corrected chi connectivity index (χ2v) is 5.01. The molecule has 0 radical (unpaired) electrons. The number of halogens is 4. The molecule has 0 saturated heterocycles. The van der Waals surface area contributed by atoms with Crippen molar-refractivity contribution in [1.29, 1.82) is 0 Å². The standard InChI is InChI=1S/C15H12BrF3/c16-9-8-11-2-1-3-13(10-11)12-4-6-14(7-5-12)15(17,18)19/h1-7,10H,8-9H2. The van der Waals surface area contributed by atoms with Crippen LogP contribution in [0.1, 0.15) is 11.1 Å². The third kappa shape index (κ3) is 3.60. The predicted octanol–water partition coefficient (Wildman–Crippen LogP) is 5.31. The van der Waals surface area contributed by atoms with E-state index in [2.05, 4.69) is 15.9 Å². The highest BCUT2D eigenvalue weighted by molar-refractivity contribution is 9.09. The van der Waals surface area contributed by atoms with Crippen molar-refractivity contribution in [2.24, 2.45) is 0 Å². The van der Waals surface area contributed by atoms with Crippen molar-refractivity contribution in [3.05, 3.63) is 59.7 Å². The molecule has 0 aliphatic heterocycles. The fourth-order valence-corrected chi connectivity index (χ4v) is 2.33. The summed E-state index contributed by atoms with van der Waals surface area (Å²) in [5.74, 6) is 0. The zero-order valence-electron chi connectivity index (χ0n) is 10.0. The van der Waals surface area contributed by atoms with Crippen LogP contribution in [0.3, 0.4) is 0 Å². The van der Waals surface area contributed by atoms with Gasteiger partial charge in [0.05, 0.1) is 5.56 Å². The highest BCUT2D eigenvalue weighted by Gasteiger charge is 2.29. The summed E-state index contributed by atoms with van der Waals surface area (Å²) in [6, 6.07) is 13.1. The van der Waals surface area contributed by atoms with E-state index in [1.165, 1.54) is 12.1 Å². The van der Waals surface area contributed by atoms with Crippen LogP contribution >= 0.6 is 15.9 Å². The lowest BCUT2D eigenvalue weighted by Gasteiger charge is -2.08. The van der Waals surface area contributed by atoms with Crippen molar-refractivity contribution in [2.45, 2.75) is 12.6 Å². The molecule has 0 nitrogen and oxygen atoms in total. The lowest BCUT2D eigenvalue weighted by atomic mass is 10.0. The van der Waals surface area contributed by atoms with Crippen LogP contribution in [0.5, 0.6) is 0 Å². The Morgan fingerprint density at radius 2 is 1.58 bits per heavy atom. The third-order valence-corrected chi connectivity index (χ3v) is 3.25. The lowest BCUT2D eigenvalue weighted by Crippen LogP contribution is -2.03. The first-order chi connectivity index (χ1) is 9.00. The van der Waals surface area contributed by atoms with E-state index in [1.54, 1.807) is 0 Å². The summed E-state index contributed by atoms with van der Waals surface area (Å²) in [7, 11) is 0. The van der Waals surface area contributed by atoms with Crippen molar-refractivity contribution in [2.75, 3.05) is 5.33 Å². The van der Waals surface area contributed by atoms with Gasteiger partial charge in [0.15, 0.2) is 0 Å². The van der Waals surface area contributed by atoms with Crippen LogP contribution in [-0.4, -0.2) is 5.33 Å². The van der Waals surface area contributed by atoms with Crippen LogP contribution in [0.25, 0.3) is 11.1 Å². The fraction of sp³-hybridized carbons (Fsp3) is 0.200. The molecule has 2 rings (SSSR count). The minimum atomic E-state index is -4.28. The van der Waals surface area contributed by atoms with Gasteiger partial charge >= 0.3 is 6.18 Å². The van der Waals surface area contributed by atoms with Crippen LogP contribution < -0.4 is 0 Å². The Labute approximate surface area is 118 Å². The molecule has 0 fully saturated rings. The monoisotopic (exact) mass is 328 g/mol. The molecule has 2 aromatic carbocycles. The minimum Gasteiger partial charge on any atom is -0.166 e. The molecule has 4 heteroatoms. The largest absolute Gasteiger partial charge is 0.416 e. The summed E-state index contributed by atoms with van der Waals surface area (Å²) in [6.45, 7) is 0. The van der Waals surface area contributed by atoms with Gasteiger partial charge < -0.3 is 0 Å². The lowest BCUT2D eigenvalue weighted by molar-refractivity contribution is -0.137. The first-order valence-electron chi connectivity index (χ1n) is 5.83. The third-order valence-electron chi connectivity index (χ3n) is 2.86. The van der Waals surface area contributed by atoms with Crippen LogP contribution in [0.4, 0.5) is 13.2 Å². The van der Waals surface area contributed by atoms with E-state index < -0.39 is 11.7 Å². The maximum atomic E-state index is 12.5. The highest BCUT2D eigenvalue weighted by atomic mass is 79.9. The summed E-state index contributed by atoms with van der Waals surface area (Å²) >= 11 is 3.37. The van der Waals surface area contributed by atoms with E-state index in [0.717, 1.165) is 40.6 Å². The van der Waals surface area contributed by atoms with E-state index >= 15 is 0 Å². The summed E-state index contributed by atoms with van der Waals surface area (Å²) in [5, 5.41) is 0.865. The van der Waals surface area contributed by atoms with Crippen LogP contribution in [-0.2, 0) is 12.6 Å². The Morgan fingerprint density at radius 3 is 2.16 bits per heavy atom. The first-order valence-corrected chi connectivity index (χ1v) is 6.95. The molecule has 0 spiro atoms. The quantitative estimate of drug-likeness (QED) is 0.670. The Bertz CT molecular complexity index is 544. The van der Waals surface area contributed by atoms with Crippen molar-refractivity contribution in [3.63, 3.8) is 0 Å². The molecule has 0 aliphatic rings. The molecule has 0 saturated carbocycles. The molecule has 2 aromatic rings. The number of hydrogen-bond donors (Lipinski definition) is 0. The van der Waals surface area contributed by atoms with Crippen LogP contribution in [0.2, 0.25) is 0 Å². The number of benzene rings is 2. The molecule has 0 bridgehead atoms. The molecule has 0 N–H and O–H groups in total. The van der Waals surface area contributed by atoms with Gasteiger partial charge in [-0.05, 0) is 35.2 Å². The maximum Gasteiger partial charge on any atom is 0.416 e. The zero-order chi connectivity index (χ0) is 13.9. The normalized spacial score (nSPS) is 11.6. The summed E-state index contributed by atoms with van der Waals surface area (Å²) < 4.78 is 37.4. The highest BCUT2D eigenvalue weighted by Crippen LogP contribution is 2.31. The van der Waals surface area contributed by atoms with Gasteiger partial charge in [0.25, 0.3) is 0 Å². The van der Waals surface area contributed by atoms with E-state index in [4.69, 9.17) is 0 Å². The second-order valence-electron chi connectivity index (χ2n) is 4.21. The van der Waals surface area contributed by atoms with Crippen molar-refractivity contribution < 1.29 is 13.2 Å². The number of aryl methyl sites for hydroxylation is 1. The van der Waals surface area contributed by atoms with E-state index in [1.807, 2.05) is 24.3 Å². The van der Waals surface area contributed by atoms with E-state index in [-0.39, 0.29) is 0 Å². The topological polar surface area (TPSA) is 0 Å². The minimum absolute atomic E-state index is 0.618. The van der Waals surface area contributed by atoms with Gasteiger partial charge in [-0.2, -0.15) is 13.2 Å². The molecule has 0 unspecified atom stereocenters. The molecule has 0 atom stereocenters. The smallest absolute Gasteiger partial charge is 0.166 e. The SMILES string of the molecule is FC(F)(F)c1ccc(-c2cccc(CCBr)c2)cc1. The maximum absolute atomic E-state index is 12.5. The summed E-state index contributed by atoms with van der Waals surface area (Å²) in [4.78, 5) is 0. The van der Waals surface area contributed by atoms with Crippen molar-refractivity contribution in [1.82, 2.24) is 0 Å². The first kappa shape index (κ1) is 14.1. The average Bonchev–Trinajstić information content (AvgIpc) is 2.39. The van der Waals surface area contributed by atoms with Gasteiger partial charge in [-0.15, -0.1) is 0 Å². The summed E-state index contributed by atoms with van der Waals surface area (Å²) in [6.07, 6.45) is -3.38. The van der Waals surface area contributed by atoms with Crippen molar-refractivity contribution >= 4 is 15.9 Å². The van der Waals surface area contributed by atoms with Gasteiger partial charge in [-0.25, -0.2) is 0 Å². The van der Waals surface area contributed by atoms with Crippen LogP contribution in [0.15, 0.2) is 48.5 Å². The van der Waals surface area contributed by atoms with Gasteiger partial charge in [0.2, 0.25) is 0 Å². The number of hydrogen-bond acceptors (Lipinski definition) is 0. The van der Waals surface area contributed by atoms with Gasteiger partial charge in [-0.3, -0.25) is 0 Å². The molecule has 0 heterocycles. The Hall–Kier alpha value is -1.29. The number of rotatable bonds is 3.